The van der Waals surface area contributed by atoms with Crippen LogP contribution >= 0.6 is 0 Å². The van der Waals surface area contributed by atoms with Gasteiger partial charge in [0.1, 0.15) is 0 Å². The maximum atomic E-state index is 12.8. The normalized spacial score (nSPS) is 21.5. The van der Waals surface area contributed by atoms with E-state index >= 15 is 0 Å². The Hall–Kier alpha value is -2.44. The fraction of sp³-hybridized carbons (Fsp3) is 0.478. The summed E-state index contributed by atoms with van der Waals surface area (Å²) in [6.45, 7) is 4.64. The van der Waals surface area contributed by atoms with Crippen molar-refractivity contribution >= 4 is 11.7 Å². The number of anilines is 1. The van der Waals surface area contributed by atoms with Crippen LogP contribution in [0.2, 0.25) is 0 Å². The highest BCUT2D eigenvalue weighted by atomic mass is 16.3. The lowest BCUT2D eigenvalue weighted by Crippen LogP contribution is -2.45. The number of likely N-dealkylation sites (tertiary alicyclic amines) is 1. The van der Waals surface area contributed by atoms with Crippen LogP contribution in [-0.2, 0) is 6.42 Å². The number of aliphatic hydroxyl groups excluding tert-OH is 1. The fourth-order valence-electron chi connectivity index (χ4n) is 4.29. The van der Waals surface area contributed by atoms with Gasteiger partial charge in [-0.1, -0.05) is 43.7 Å². The first-order valence-corrected chi connectivity index (χ1v) is 10.4. The summed E-state index contributed by atoms with van der Waals surface area (Å²) >= 11 is 0. The number of rotatable bonds is 8. The molecule has 2 amide bonds. The van der Waals surface area contributed by atoms with Crippen molar-refractivity contribution in [1.82, 2.24) is 14.8 Å². The average molecular weight is 397 g/mol. The van der Waals surface area contributed by atoms with Crippen LogP contribution in [0.4, 0.5) is 10.5 Å². The maximum absolute atomic E-state index is 12.8. The van der Waals surface area contributed by atoms with Gasteiger partial charge in [0, 0.05) is 25.8 Å². The number of nitrogens with zero attached hydrogens (tertiary/aromatic N) is 3. The third kappa shape index (κ3) is 5.55. The number of hydrogen-bond acceptors (Lipinski definition) is 4. The Bertz CT molecular complexity index is 756. The van der Waals surface area contributed by atoms with Gasteiger partial charge in [-0.25, -0.2) is 4.79 Å². The number of carbonyl (C=O) groups is 1. The van der Waals surface area contributed by atoms with E-state index in [1.54, 1.807) is 23.4 Å². The van der Waals surface area contributed by atoms with Crippen molar-refractivity contribution in [2.75, 3.05) is 38.6 Å². The van der Waals surface area contributed by atoms with Gasteiger partial charge in [-0.2, -0.15) is 0 Å². The van der Waals surface area contributed by atoms with E-state index in [1.165, 1.54) is 5.56 Å². The Morgan fingerprint density at radius 2 is 2.07 bits per heavy atom. The predicted molar refractivity (Wildman–Crippen MR) is 116 cm³/mol. The first-order valence-electron chi connectivity index (χ1n) is 10.4. The molecule has 0 bridgehead atoms. The van der Waals surface area contributed by atoms with Crippen molar-refractivity contribution in [3.63, 3.8) is 0 Å². The molecule has 156 valence electrons. The number of urea groups is 1. The molecule has 1 aromatic carbocycles. The van der Waals surface area contributed by atoms with Crippen molar-refractivity contribution in [3.8, 4) is 0 Å². The maximum Gasteiger partial charge on any atom is 0.322 e. The monoisotopic (exact) mass is 396 g/mol. The van der Waals surface area contributed by atoms with E-state index in [2.05, 4.69) is 53.4 Å². The summed E-state index contributed by atoms with van der Waals surface area (Å²) in [4.78, 5) is 21.0. The smallest absolute Gasteiger partial charge is 0.322 e. The molecular weight excluding hydrogens is 364 g/mol. The third-order valence-electron chi connectivity index (χ3n) is 5.96. The first-order chi connectivity index (χ1) is 14.1. The van der Waals surface area contributed by atoms with Crippen LogP contribution in [0, 0.1) is 11.8 Å². The zero-order chi connectivity index (χ0) is 20.6. The lowest BCUT2D eigenvalue weighted by molar-refractivity contribution is 0.131. The van der Waals surface area contributed by atoms with Gasteiger partial charge in [0.2, 0.25) is 0 Å². The number of amides is 2. The van der Waals surface area contributed by atoms with Gasteiger partial charge in [-0.3, -0.25) is 4.98 Å². The molecule has 2 aromatic rings. The molecule has 1 aliphatic rings. The van der Waals surface area contributed by atoms with Gasteiger partial charge in [-0.05, 0) is 43.0 Å². The molecule has 0 spiro atoms. The fourth-order valence-corrected chi connectivity index (χ4v) is 4.29. The molecule has 0 aliphatic carbocycles. The number of pyridine rings is 1. The van der Waals surface area contributed by atoms with Crippen LogP contribution in [-0.4, -0.2) is 65.3 Å². The van der Waals surface area contributed by atoms with Gasteiger partial charge in [-0.15, -0.1) is 0 Å². The number of aromatic nitrogens is 1. The van der Waals surface area contributed by atoms with Crippen molar-refractivity contribution < 1.29 is 9.90 Å². The zero-order valence-corrected chi connectivity index (χ0v) is 17.4. The Kier molecular flexibility index (Phi) is 7.61. The number of nitrogens with one attached hydrogen (secondary N) is 1. The lowest BCUT2D eigenvalue weighted by Gasteiger charge is -2.30. The van der Waals surface area contributed by atoms with Crippen LogP contribution in [0.15, 0.2) is 54.9 Å². The summed E-state index contributed by atoms with van der Waals surface area (Å²) in [5, 5.41) is 13.0. The number of aliphatic hydroxyl groups is 1. The molecule has 6 nitrogen and oxygen atoms in total. The number of carbonyl (C=O) groups excluding carboxylic acids is 1. The summed E-state index contributed by atoms with van der Waals surface area (Å²) in [6, 6.07) is 13.8. The second-order valence-corrected chi connectivity index (χ2v) is 7.90. The van der Waals surface area contributed by atoms with Crippen LogP contribution in [0.5, 0.6) is 0 Å². The molecule has 0 radical (unpaired) electrons. The topological polar surface area (TPSA) is 68.7 Å². The summed E-state index contributed by atoms with van der Waals surface area (Å²) < 4.78 is 0. The molecule has 2 N–H and O–H groups in total. The molecule has 1 aliphatic heterocycles. The van der Waals surface area contributed by atoms with Crippen molar-refractivity contribution in [3.05, 3.63) is 60.4 Å². The highest BCUT2D eigenvalue weighted by molar-refractivity contribution is 5.89. The van der Waals surface area contributed by atoms with E-state index in [9.17, 15) is 9.90 Å². The molecule has 0 unspecified atom stereocenters. The van der Waals surface area contributed by atoms with Crippen LogP contribution in [0.1, 0.15) is 18.9 Å². The highest BCUT2D eigenvalue weighted by Gasteiger charge is 2.43. The van der Waals surface area contributed by atoms with E-state index in [0.717, 1.165) is 25.9 Å². The van der Waals surface area contributed by atoms with Gasteiger partial charge in [0.15, 0.2) is 0 Å². The van der Waals surface area contributed by atoms with Gasteiger partial charge in [0.05, 0.1) is 24.5 Å². The zero-order valence-electron chi connectivity index (χ0n) is 17.4. The second-order valence-electron chi connectivity index (χ2n) is 7.90. The van der Waals surface area contributed by atoms with E-state index in [1.807, 2.05) is 12.1 Å². The molecule has 0 saturated carbocycles. The molecule has 1 aromatic heterocycles. The molecule has 2 heterocycles. The van der Waals surface area contributed by atoms with E-state index in [0.29, 0.717) is 18.2 Å². The molecular formula is C23H32N4O2. The highest BCUT2D eigenvalue weighted by Crippen LogP contribution is 2.33. The standard InChI is InChI=1S/C23H32N4O2/c1-3-19-15-27(23(29)25-20-10-7-12-24-14-20)22(17-28)21(19)16-26(2)13-11-18-8-5-4-6-9-18/h4-10,12,14,19,21-22,28H,3,11,13,15-17H2,1-2H3,(H,25,29)/t19-,21-,22-/m1/s1. The summed E-state index contributed by atoms with van der Waals surface area (Å²) in [6.07, 6.45) is 5.30. The molecule has 1 fully saturated rings. The second kappa shape index (κ2) is 10.4. The average Bonchev–Trinajstić information content (AvgIpc) is 3.11. The molecule has 3 rings (SSSR count). The summed E-state index contributed by atoms with van der Waals surface area (Å²) in [5.74, 6) is 0.636. The Labute approximate surface area is 173 Å². The largest absolute Gasteiger partial charge is 0.394 e. The quantitative estimate of drug-likeness (QED) is 0.719. The van der Waals surface area contributed by atoms with Crippen molar-refractivity contribution in [2.24, 2.45) is 11.8 Å². The minimum Gasteiger partial charge on any atom is -0.394 e. The molecule has 1 saturated heterocycles. The summed E-state index contributed by atoms with van der Waals surface area (Å²) in [7, 11) is 2.13. The van der Waals surface area contributed by atoms with Gasteiger partial charge < -0.3 is 20.2 Å². The Morgan fingerprint density at radius 3 is 2.72 bits per heavy atom. The van der Waals surface area contributed by atoms with E-state index in [-0.39, 0.29) is 24.6 Å². The summed E-state index contributed by atoms with van der Waals surface area (Å²) in [5.41, 5.74) is 2.00. The lowest BCUT2D eigenvalue weighted by atomic mass is 9.88. The number of likely N-dealkylation sites (N-methyl/N-ethyl adjacent to an activating group) is 1. The predicted octanol–water partition coefficient (Wildman–Crippen LogP) is 3.11. The minimum absolute atomic E-state index is 0.0197. The first kappa shape index (κ1) is 21.3. The molecule has 3 atom stereocenters. The van der Waals surface area contributed by atoms with Gasteiger partial charge >= 0.3 is 6.03 Å². The van der Waals surface area contributed by atoms with Crippen molar-refractivity contribution in [1.29, 1.82) is 0 Å². The molecule has 6 heteroatoms. The van der Waals surface area contributed by atoms with E-state index < -0.39 is 0 Å². The van der Waals surface area contributed by atoms with Gasteiger partial charge in [0.25, 0.3) is 0 Å². The molecule has 29 heavy (non-hydrogen) atoms. The minimum atomic E-state index is -0.171. The Balaban J connectivity index is 1.61. The number of benzene rings is 1. The van der Waals surface area contributed by atoms with E-state index in [4.69, 9.17) is 0 Å². The third-order valence-corrected chi connectivity index (χ3v) is 5.96. The SMILES string of the molecule is CC[C@@H]1CN(C(=O)Nc2cccnc2)[C@H](CO)[C@@H]1CN(C)CCc1ccccc1. The van der Waals surface area contributed by atoms with Crippen LogP contribution < -0.4 is 5.32 Å². The number of hydrogen-bond donors (Lipinski definition) is 2. The van der Waals surface area contributed by atoms with Crippen molar-refractivity contribution in [2.45, 2.75) is 25.8 Å². The Morgan fingerprint density at radius 1 is 1.28 bits per heavy atom. The van der Waals surface area contributed by atoms with Crippen LogP contribution in [0.3, 0.4) is 0 Å². The van der Waals surface area contributed by atoms with Crippen LogP contribution in [0.25, 0.3) is 0 Å².